The number of carboxylic acid groups (broad SMARTS) is 1. The minimum atomic E-state index is -1.13. The SMILES string of the molecule is CCc1c(C(=O)O)c(C=O)n(C)c1C#CC1(O)CCCC1. The summed E-state index contributed by atoms with van der Waals surface area (Å²) in [4.78, 5) is 22.6. The van der Waals surface area contributed by atoms with Crippen LogP contribution in [0.4, 0.5) is 0 Å². The largest absolute Gasteiger partial charge is 0.478 e. The monoisotopic (exact) mass is 289 g/mol. The van der Waals surface area contributed by atoms with Crippen molar-refractivity contribution in [1.29, 1.82) is 0 Å². The zero-order chi connectivity index (χ0) is 15.6. The number of hydrogen-bond acceptors (Lipinski definition) is 3. The van der Waals surface area contributed by atoms with Crippen LogP contribution in [-0.4, -0.2) is 32.6 Å². The molecule has 5 nitrogen and oxygen atoms in total. The van der Waals surface area contributed by atoms with Crippen LogP contribution in [0.15, 0.2) is 0 Å². The van der Waals surface area contributed by atoms with Crippen molar-refractivity contribution < 1.29 is 19.8 Å². The van der Waals surface area contributed by atoms with Gasteiger partial charge in [-0.15, -0.1) is 0 Å². The molecule has 1 saturated carbocycles. The Hall–Kier alpha value is -2.06. The van der Waals surface area contributed by atoms with Gasteiger partial charge in [0.05, 0.1) is 17.0 Å². The summed E-state index contributed by atoms with van der Waals surface area (Å²) in [5.74, 6) is 4.65. The topological polar surface area (TPSA) is 79.5 Å². The first-order valence-corrected chi connectivity index (χ1v) is 7.09. The highest BCUT2D eigenvalue weighted by Gasteiger charge is 2.29. The molecule has 1 aromatic heterocycles. The maximum atomic E-state index is 11.4. The van der Waals surface area contributed by atoms with E-state index in [2.05, 4.69) is 11.8 Å². The second-order valence-electron chi connectivity index (χ2n) is 5.41. The van der Waals surface area contributed by atoms with Crippen molar-refractivity contribution in [3.8, 4) is 11.8 Å². The van der Waals surface area contributed by atoms with E-state index in [0.717, 1.165) is 12.8 Å². The summed E-state index contributed by atoms with van der Waals surface area (Å²) in [6, 6.07) is 0. The minimum absolute atomic E-state index is 0.0118. The fraction of sp³-hybridized carbons (Fsp3) is 0.500. The average molecular weight is 289 g/mol. The van der Waals surface area contributed by atoms with Gasteiger partial charge in [-0.05, 0) is 38.0 Å². The molecule has 0 aromatic carbocycles. The molecule has 0 amide bonds. The van der Waals surface area contributed by atoms with Crippen LogP contribution in [0.2, 0.25) is 0 Å². The number of hydrogen-bond donors (Lipinski definition) is 2. The normalized spacial score (nSPS) is 16.3. The van der Waals surface area contributed by atoms with E-state index in [4.69, 9.17) is 0 Å². The molecule has 2 N–H and O–H groups in total. The molecule has 0 unspecified atom stereocenters. The Bertz CT molecular complexity index is 639. The minimum Gasteiger partial charge on any atom is -0.478 e. The zero-order valence-electron chi connectivity index (χ0n) is 12.3. The molecule has 2 rings (SSSR count). The second kappa shape index (κ2) is 5.74. The lowest BCUT2D eigenvalue weighted by molar-refractivity contribution is 0.0692. The van der Waals surface area contributed by atoms with Crippen molar-refractivity contribution in [2.24, 2.45) is 7.05 Å². The van der Waals surface area contributed by atoms with Gasteiger partial charge in [0.1, 0.15) is 5.60 Å². The summed E-state index contributed by atoms with van der Waals surface area (Å²) in [5.41, 5.74) is 0.179. The first kappa shape index (κ1) is 15.3. The van der Waals surface area contributed by atoms with Crippen LogP contribution >= 0.6 is 0 Å². The number of rotatable bonds is 3. The lowest BCUT2D eigenvalue weighted by Crippen LogP contribution is -2.21. The van der Waals surface area contributed by atoms with E-state index in [1.807, 2.05) is 6.92 Å². The molecule has 112 valence electrons. The maximum absolute atomic E-state index is 11.4. The van der Waals surface area contributed by atoms with Crippen molar-refractivity contribution in [2.45, 2.75) is 44.6 Å². The second-order valence-corrected chi connectivity index (χ2v) is 5.41. The number of aldehydes is 1. The molecular formula is C16H19NO4. The standard InChI is InChI=1S/C16H19NO4/c1-3-11-12(6-9-16(21)7-4-5-8-16)17(2)13(10-18)14(11)15(19)20/h10,21H,3-5,7-8H2,1-2H3,(H,19,20). The fourth-order valence-electron chi connectivity index (χ4n) is 2.90. The van der Waals surface area contributed by atoms with E-state index < -0.39 is 11.6 Å². The molecule has 1 aliphatic carbocycles. The smallest absolute Gasteiger partial charge is 0.338 e. The van der Waals surface area contributed by atoms with Crippen LogP contribution < -0.4 is 0 Å². The predicted molar refractivity (Wildman–Crippen MR) is 77.4 cm³/mol. The van der Waals surface area contributed by atoms with Crippen LogP contribution in [0.3, 0.4) is 0 Å². The van der Waals surface area contributed by atoms with Crippen molar-refractivity contribution in [3.05, 3.63) is 22.5 Å². The van der Waals surface area contributed by atoms with Gasteiger partial charge in [-0.25, -0.2) is 4.79 Å². The Balaban J connectivity index is 2.56. The van der Waals surface area contributed by atoms with Crippen molar-refractivity contribution in [1.82, 2.24) is 4.57 Å². The van der Waals surface area contributed by atoms with Crippen molar-refractivity contribution in [2.75, 3.05) is 0 Å². The van der Waals surface area contributed by atoms with Gasteiger partial charge in [0.25, 0.3) is 0 Å². The van der Waals surface area contributed by atoms with Crippen LogP contribution in [0, 0.1) is 11.8 Å². The molecule has 0 atom stereocenters. The highest BCUT2D eigenvalue weighted by Crippen LogP contribution is 2.29. The zero-order valence-corrected chi connectivity index (χ0v) is 12.3. The molecule has 1 aliphatic rings. The summed E-state index contributed by atoms with van der Waals surface area (Å²) >= 11 is 0. The van der Waals surface area contributed by atoms with Crippen LogP contribution in [0.1, 0.15) is 64.7 Å². The van der Waals surface area contributed by atoms with Crippen molar-refractivity contribution in [3.63, 3.8) is 0 Å². The molecule has 0 saturated heterocycles. The molecule has 0 spiro atoms. The van der Waals surface area contributed by atoms with Gasteiger partial charge in [0, 0.05) is 12.6 Å². The number of aliphatic hydroxyl groups is 1. The molecule has 0 radical (unpaired) electrons. The number of carboxylic acids is 1. The Morgan fingerprint density at radius 2 is 2.05 bits per heavy atom. The molecular weight excluding hydrogens is 270 g/mol. The number of carbonyl (C=O) groups excluding carboxylic acids is 1. The number of aromatic carboxylic acids is 1. The molecule has 5 heteroatoms. The van der Waals surface area contributed by atoms with E-state index in [1.54, 1.807) is 7.05 Å². The third-order valence-corrected chi connectivity index (χ3v) is 4.06. The highest BCUT2D eigenvalue weighted by molar-refractivity contribution is 5.99. The van der Waals surface area contributed by atoms with Gasteiger partial charge in [0.2, 0.25) is 0 Å². The Labute approximate surface area is 123 Å². The first-order chi connectivity index (χ1) is 9.93. The summed E-state index contributed by atoms with van der Waals surface area (Å²) < 4.78 is 1.50. The third-order valence-electron chi connectivity index (χ3n) is 4.06. The molecule has 1 heterocycles. The summed E-state index contributed by atoms with van der Waals surface area (Å²) in [5, 5.41) is 19.6. The first-order valence-electron chi connectivity index (χ1n) is 7.09. The highest BCUT2D eigenvalue weighted by atomic mass is 16.4. The Morgan fingerprint density at radius 3 is 2.52 bits per heavy atom. The van der Waals surface area contributed by atoms with Gasteiger partial charge < -0.3 is 14.8 Å². The van der Waals surface area contributed by atoms with Crippen LogP contribution in [0.5, 0.6) is 0 Å². The van der Waals surface area contributed by atoms with E-state index in [-0.39, 0.29) is 11.3 Å². The van der Waals surface area contributed by atoms with Crippen LogP contribution in [0.25, 0.3) is 0 Å². The maximum Gasteiger partial charge on any atom is 0.338 e. The van der Waals surface area contributed by atoms with E-state index in [0.29, 0.717) is 36.8 Å². The van der Waals surface area contributed by atoms with E-state index >= 15 is 0 Å². The molecule has 1 aromatic rings. The van der Waals surface area contributed by atoms with Gasteiger partial charge in [-0.3, -0.25) is 4.79 Å². The molecule has 0 bridgehead atoms. The van der Waals surface area contributed by atoms with Gasteiger partial charge >= 0.3 is 5.97 Å². The van der Waals surface area contributed by atoms with E-state index in [1.165, 1.54) is 4.57 Å². The molecule has 1 fully saturated rings. The summed E-state index contributed by atoms with van der Waals surface area (Å²) in [7, 11) is 1.62. The number of nitrogens with zero attached hydrogens (tertiary/aromatic N) is 1. The summed E-state index contributed by atoms with van der Waals surface area (Å²) in [6.45, 7) is 1.83. The van der Waals surface area contributed by atoms with Gasteiger partial charge in [0.15, 0.2) is 6.29 Å². The Morgan fingerprint density at radius 1 is 1.43 bits per heavy atom. The van der Waals surface area contributed by atoms with Gasteiger partial charge in [-0.2, -0.15) is 0 Å². The lowest BCUT2D eigenvalue weighted by atomic mass is 10.0. The number of carbonyl (C=O) groups is 2. The van der Waals surface area contributed by atoms with Gasteiger partial charge in [-0.1, -0.05) is 12.8 Å². The quantitative estimate of drug-likeness (QED) is 0.656. The van der Waals surface area contributed by atoms with Crippen LogP contribution in [-0.2, 0) is 13.5 Å². The summed E-state index contributed by atoms with van der Waals surface area (Å²) in [6.07, 6.45) is 4.16. The molecule has 21 heavy (non-hydrogen) atoms. The Kier molecular flexibility index (Phi) is 4.19. The lowest BCUT2D eigenvalue weighted by Gasteiger charge is -2.13. The molecule has 0 aliphatic heterocycles. The predicted octanol–water partition coefficient (Wildman–Crippen LogP) is 1.75. The van der Waals surface area contributed by atoms with E-state index in [9.17, 15) is 19.8 Å². The average Bonchev–Trinajstić information content (AvgIpc) is 2.98. The van der Waals surface area contributed by atoms with Crippen molar-refractivity contribution >= 4 is 12.3 Å². The number of aromatic nitrogens is 1. The fourth-order valence-corrected chi connectivity index (χ4v) is 2.90. The third kappa shape index (κ3) is 2.72.